The Kier molecular flexibility index (Phi) is 4.36. The van der Waals surface area contributed by atoms with Crippen LogP contribution in [0.2, 0.25) is 0 Å². The van der Waals surface area contributed by atoms with E-state index in [0.717, 1.165) is 38.2 Å². The van der Waals surface area contributed by atoms with E-state index in [4.69, 9.17) is 0 Å². The van der Waals surface area contributed by atoms with E-state index in [9.17, 15) is 4.79 Å². The van der Waals surface area contributed by atoms with Crippen molar-refractivity contribution < 1.29 is 4.79 Å². The van der Waals surface area contributed by atoms with Crippen LogP contribution in [0.1, 0.15) is 28.9 Å². The summed E-state index contributed by atoms with van der Waals surface area (Å²) in [6.07, 6.45) is 3.97. The second kappa shape index (κ2) is 6.59. The fourth-order valence-electron chi connectivity index (χ4n) is 2.76. The van der Waals surface area contributed by atoms with Crippen LogP contribution in [0.4, 0.5) is 0 Å². The Morgan fingerprint density at radius 2 is 1.90 bits per heavy atom. The molecule has 3 rings (SSSR count). The van der Waals surface area contributed by atoms with Crippen molar-refractivity contribution in [1.29, 1.82) is 0 Å². The van der Waals surface area contributed by atoms with Gasteiger partial charge in [-0.05, 0) is 43.6 Å². The molecule has 0 saturated carbocycles. The lowest BCUT2D eigenvalue weighted by atomic mass is 10.1. The molecule has 1 aromatic carbocycles. The van der Waals surface area contributed by atoms with Crippen LogP contribution in [0, 0.1) is 0 Å². The normalized spacial score (nSPS) is 15.8. The van der Waals surface area contributed by atoms with Gasteiger partial charge in [-0.2, -0.15) is 0 Å². The summed E-state index contributed by atoms with van der Waals surface area (Å²) in [7, 11) is 0. The zero-order valence-corrected chi connectivity index (χ0v) is 12.1. The topological polar surface area (TPSA) is 46.1 Å². The number of piperidine rings is 1. The Bertz CT molecular complexity index is 585. The molecule has 1 amide bonds. The fourth-order valence-corrected chi connectivity index (χ4v) is 2.76. The number of hydrogen-bond acceptors (Lipinski definition) is 2. The van der Waals surface area contributed by atoms with Crippen LogP contribution >= 0.6 is 0 Å². The summed E-state index contributed by atoms with van der Waals surface area (Å²) in [4.78, 5) is 12.4. The lowest BCUT2D eigenvalue weighted by Gasteiger charge is -2.24. The van der Waals surface area contributed by atoms with E-state index in [1.807, 2.05) is 41.1 Å². The highest BCUT2D eigenvalue weighted by Gasteiger charge is 2.18. The number of nitrogens with zero attached hydrogens (tertiary/aromatic N) is 1. The average Bonchev–Trinajstić information content (AvgIpc) is 2.97. The first kappa shape index (κ1) is 13.9. The quantitative estimate of drug-likeness (QED) is 0.902. The van der Waals surface area contributed by atoms with E-state index < -0.39 is 0 Å². The van der Waals surface area contributed by atoms with Crippen LogP contribution in [-0.2, 0) is 6.54 Å². The van der Waals surface area contributed by atoms with E-state index in [1.165, 1.54) is 5.56 Å². The first-order valence-corrected chi connectivity index (χ1v) is 7.53. The van der Waals surface area contributed by atoms with E-state index in [-0.39, 0.29) is 5.91 Å². The molecule has 0 aliphatic carbocycles. The number of carbonyl (C=O) groups is 1. The maximum atomic E-state index is 12.4. The van der Waals surface area contributed by atoms with Crippen LogP contribution in [0.5, 0.6) is 0 Å². The van der Waals surface area contributed by atoms with Crippen molar-refractivity contribution in [1.82, 2.24) is 15.2 Å². The molecular weight excluding hydrogens is 262 g/mol. The minimum Gasteiger partial charge on any atom is -0.348 e. The molecule has 1 aliphatic heterocycles. The second-order valence-electron chi connectivity index (χ2n) is 5.50. The molecule has 110 valence electrons. The number of carbonyl (C=O) groups excluding carboxylic acids is 1. The molecule has 0 bridgehead atoms. The van der Waals surface area contributed by atoms with Gasteiger partial charge in [0.05, 0.1) is 0 Å². The highest BCUT2D eigenvalue weighted by atomic mass is 16.2. The monoisotopic (exact) mass is 283 g/mol. The van der Waals surface area contributed by atoms with Crippen molar-refractivity contribution in [2.24, 2.45) is 0 Å². The minimum absolute atomic E-state index is 0.0304. The van der Waals surface area contributed by atoms with Crippen LogP contribution in [0.15, 0.2) is 48.7 Å². The highest BCUT2D eigenvalue weighted by molar-refractivity contribution is 5.93. The summed E-state index contributed by atoms with van der Waals surface area (Å²) in [5.41, 5.74) is 1.93. The Labute approximate surface area is 125 Å². The van der Waals surface area contributed by atoms with Crippen molar-refractivity contribution in [2.75, 3.05) is 13.1 Å². The highest BCUT2D eigenvalue weighted by Crippen LogP contribution is 2.09. The number of hydrogen-bond donors (Lipinski definition) is 2. The fraction of sp³-hybridized carbons (Fsp3) is 0.353. The molecule has 21 heavy (non-hydrogen) atoms. The van der Waals surface area contributed by atoms with Gasteiger partial charge in [-0.15, -0.1) is 0 Å². The summed E-state index contributed by atoms with van der Waals surface area (Å²) in [5.74, 6) is 0.0304. The standard InChI is InChI=1S/C17H21N3O/c21-17(19-15-8-10-18-11-9-15)16-7-4-12-20(16)13-14-5-2-1-3-6-14/h1-7,12,15,18H,8-11,13H2,(H,19,21). The van der Waals surface area contributed by atoms with Crippen LogP contribution in [0.3, 0.4) is 0 Å². The number of amides is 1. The van der Waals surface area contributed by atoms with Gasteiger partial charge in [0.15, 0.2) is 0 Å². The predicted molar refractivity (Wildman–Crippen MR) is 83.3 cm³/mol. The Morgan fingerprint density at radius 1 is 1.14 bits per heavy atom. The molecule has 0 atom stereocenters. The largest absolute Gasteiger partial charge is 0.348 e. The summed E-state index contributed by atoms with van der Waals surface area (Å²) in [6, 6.07) is 14.3. The lowest BCUT2D eigenvalue weighted by Crippen LogP contribution is -2.43. The molecule has 0 radical (unpaired) electrons. The van der Waals surface area contributed by atoms with Crippen LogP contribution < -0.4 is 10.6 Å². The first-order valence-electron chi connectivity index (χ1n) is 7.53. The summed E-state index contributed by atoms with van der Waals surface area (Å²) < 4.78 is 2.01. The van der Waals surface area contributed by atoms with Crippen LogP contribution in [-0.4, -0.2) is 29.6 Å². The maximum Gasteiger partial charge on any atom is 0.268 e. The summed E-state index contributed by atoms with van der Waals surface area (Å²) in [6.45, 7) is 2.69. The number of aromatic nitrogens is 1. The lowest BCUT2D eigenvalue weighted by molar-refractivity contribution is 0.0920. The predicted octanol–water partition coefficient (Wildman–Crippen LogP) is 2.02. The van der Waals surface area contributed by atoms with Gasteiger partial charge in [0.2, 0.25) is 0 Å². The first-order chi connectivity index (χ1) is 10.3. The molecule has 0 unspecified atom stereocenters. The average molecular weight is 283 g/mol. The summed E-state index contributed by atoms with van der Waals surface area (Å²) >= 11 is 0. The van der Waals surface area contributed by atoms with Gasteiger partial charge in [0.25, 0.3) is 5.91 Å². The summed E-state index contributed by atoms with van der Waals surface area (Å²) in [5, 5.41) is 6.46. The number of nitrogens with one attached hydrogen (secondary N) is 2. The van der Waals surface area contributed by atoms with E-state index in [0.29, 0.717) is 6.04 Å². The molecule has 4 nitrogen and oxygen atoms in total. The van der Waals surface area contributed by atoms with E-state index in [1.54, 1.807) is 0 Å². The number of rotatable bonds is 4. The third-order valence-electron chi connectivity index (χ3n) is 3.93. The van der Waals surface area contributed by atoms with Crippen molar-refractivity contribution in [3.05, 3.63) is 59.9 Å². The van der Waals surface area contributed by atoms with Crippen molar-refractivity contribution >= 4 is 5.91 Å². The molecule has 2 heterocycles. The van der Waals surface area contributed by atoms with Gasteiger partial charge >= 0.3 is 0 Å². The molecule has 1 aromatic heterocycles. The molecule has 4 heteroatoms. The third-order valence-corrected chi connectivity index (χ3v) is 3.93. The van der Waals surface area contributed by atoms with Crippen molar-refractivity contribution in [2.45, 2.75) is 25.4 Å². The van der Waals surface area contributed by atoms with Gasteiger partial charge in [-0.25, -0.2) is 0 Å². The Balaban J connectivity index is 1.68. The smallest absolute Gasteiger partial charge is 0.268 e. The molecule has 2 N–H and O–H groups in total. The molecule has 1 aliphatic rings. The molecule has 2 aromatic rings. The maximum absolute atomic E-state index is 12.4. The van der Waals surface area contributed by atoms with Gasteiger partial charge in [-0.3, -0.25) is 4.79 Å². The zero-order valence-electron chi connectivity index (χ0n) is 12.1. The van der Waals surface area contributed by atoms with Crippen molar-refractivity contribution in [3.8, 4) is 0 Å². The van der Waals surface area contributed by atoms with Gasteiger partial charge in [0.1, 0.15) is 5.69 Å². The van der Waals surface area contributed by atoms with E-state index >= 15 is 0 Å². The SMILES string of the molecule is O=C(NC1CCNCC1)c1cccn1Cc1ccccc1. The Hall–Kier alpha value is -2.07. The Morgan fingerprint density at radius 3 is 2.67 bits per heavy atom. The van der Waals surface area contributed by atoms with E-state index in [2.05, 4.69) is 22.8 Å². The molecular formula is C17H21N3O. The third kappa shape index (κ3) is 3.52. The van der Waals surface area contributed by atoms with Crippen LogP contribution in [0.25, 0.3) is 0 Å². The molecule has 1 saturated heterocycles. The molecule has 1 fully saturated rings. The van der Waals surface area contributed by atoms with Gasteiger partial charge in [-0.1, -0.05) is 30.3 Å². The minimum atomic E-state index is 0.0304. The van der Waals surface area contributed by atoms with Crippen molar-refractivity contribution in [3.63, 3.8) is 0 Å². The second-order valence-corrected chi connectivity index (χ2v) is 5.50. The van der Waals surface area contributed by atoms with Gasteiger partial charge < -0.3 is 15.2 Å². The molecule has 0 spiro atoms. The van der Waals surface area contributed by atoms with Gasteiger partial charge in [0, 0.05) is 18.8 Å². The zero-order chi connectivity index (χ0) is 14.5. The number of benzene rings is 1.